The van der Waals surface area contributed by atoms with Crippen LogP contribution in [0.1, 0.15) is 22.3 Å². The van der Waals surface area contributed by atoms with E-state index < -0.39 is 5.41 Å². The van der Waals surface area contributed by atoms with Crippen molar-refractivity contribution in [1.29, 1.82) is 0 Å². The van der Waals surface area contributed by atoms with E-state index >= 15 is 0 Å². The predicted molar refractivity (Wildman–Crippen MR) is 340 cm³/mol. The number of hydrogen-bond donors (Lipinski definition) is 0. The fourth-order valence-corrected chi connectivity index (χ4v) is 15.3. The Morgan fingerprint density at radius 1 is 0.210 bits per heavy atom. The van der Waals surface area contributed by atoms with Crippen molar-refractivity contribution in [3.05, 3.63) is 313 Å². The van der Waals surface area contributed by atoms with E-state index in [0.29, 0.717) is 0 Å². The van der Waals surface area contributed by atoms with Crippen molar-refractivity contribution in [2.45, 2.75) is 5.41 Å². The van der Waals surface area contributed by atoms with Crippen molar-refractivity contribution < 1.29 is 0 Å². The Bertz CT molecular complexity index is 5080. The Balaban J connectivity index is 1.01. The molecule has 2 nitrogen and oxygen atoms in total. The molecule has 14 aromatic carbocycles. The van der Waals surface area contributed by atoms with Gasteiger partial charge in [0.15, 0.2) is 0 Å². The molecule has 374 valence electrons. The molecule has 0 radical (unpaired) electrons. The van der Waals surface area contributed by atoms with Gasteiger partial charge in [-0.3, -0.25) is 0 Å². The third-order valence-electron chi connectivity index (χ3n) is 18.3. The maximum atomic E-state index is 2.54. The van der Waals surface area contributed by atoms with E-state index in [1.54, 1.807) is 0 Å². The van der Waals surface area contributed by atoms with E-state index in [-0.39, 0.29) is 0 Å². The van der Waals surface area contributed by atoms with Crippen LogP contribution in [0.4, 0.5) is 0 Å². The zero-order chi connectivity index (χ0) is 52.9. The second-order valence-electron chi connectivity index (χ2n) is 22.1. The fraction of sp³-hybridized carbons (Fsp3) is 0.0127. The molecular weight excluding hydrogens is 977 g/mol. The van der Waals surface area contributed by atoms with Crippen molar-refractivity contribution in [3.8, 4) is 67.0 Å². The molecule has 2 aromatic heterocycles. The third kappa shape index (κ3) is 5.90. The Morgan fingerprint density at radius 3 is 1.19 bits per heavy atom. The Kier molecular flexibility index (Phi) is 9.18. The van der Waals surface area contributed by atoms with Gasteiger partial charge in [0.2, 0.25) is 0 Å². The standard InChI is InChI=1S/C79H48N2/c1-3-23-50(24-4-1)80-70-42-15-11-30-61(70)75-57(36-20-44-72(75)80)53-32-17-34-59-64(53)48-65-54(58-37-21-45-73-76(58)62-31-12-16-43-71(62)81(73)51-25-5-2-6-26-51)33-18-35-60(65)74(59)63-38-19-41-68-78(63)77-52-27-8-7-22-49(52)46-47-69(77)79(68)66-39-13-9-28-55(66)56-29-10-14-40-67(56)79/h1-48H. The first-order valence-electron chi connectivity index (χ1n) is 28.3. The number of fused-ring (bicyclic) bond motifs is 20. The molecule has 2 heteroatoms. The SMILES string of the molecule is c1ccc(-n2c3ccccc3c3c(-c4cccc5c(-c6cccc7c6-c6c(ccc8ccccc68)C76c7ccccc7-c7ccccc76)c6cccc(-c7cccc8c7c7ccccc7n8-c7ccccc7)c6cc45)cccc32)cc1. The summed E-state index contributed by atoms with van der Waals surface area (Å²) in [6, 6.07) is 110. The van der Waals surface area contributed by atoms with E-state index in [9.17, 15) is 0 Å². The van der Waals surface area contributed by atoms with Gasteiger partial charge in [0, 0.05) is 32.9 Å². The largest absolute Gasteiger partial charge is 0.309 e. The van der Waals surface area contributed by atoms with E-state index in [1.165, 1.54) is 154 Å². The van der Waals surface area contributed by atoms with Crippen LogP contribution in [0.25, 0.3) is 143 Å². The van der Waals surface area contributed by atoms with Crippen molar-refractivity contribution in [3.63, 3.8) is 0 Å². The minimum Gasteiger partial charge on any atom is -0.309 e. The molecule has 0 amide bonds. The highest BCUT2D eigenvalue weighted by Gasteiger charge is 2.52. The normalized spacial score (nSPS) is 13.0. The lowest BCUT2D eigenvalue weighted by Gasteiger charge is -2.30. The Hall–Kier alpha value is -10.5. The lowest BCUT2D eigenvalue weighted by atomic mass is 9.70. The van der Waals surface area contributed by atoms with Gasteiger partial charge in [-0.25, -0.2) is 0 Å². The van der Waals surface area contributed by atoms with Gasteiger partial charge in [-0.05, 0) is 165 Å². The lowest BCUT2D eigenvalue weighted by molar-refractivity contribution is 0.794. The van der Waals surface area contributed by atoms with Crippen molar-refractivity contribution >= 4 is 75.9 Å². The van der Waals surface area contributed by atoms with Gasteiger partial charge in [0.1, 0.15) is 0 Å². The molecule has 18 rings (SSSR count). The van der Waals surface area contributed by atoms with Gasteiger partial charge >= 0.3 is 0 Å². The van der Waals surface area contributed by atoms with E-state index in [4.69, 9.17) is 0 Å². The molecule has 0 saturated heterocycles. The first-order valence-corrected chi connectivity index (χ1v) is 28.3. The number of para-hydroxylation sites is 4. The summed E-state index contributed by atoms with van der Waals surface area (Å²) in [7, 11) is 0. The molecule has 0 fully saturated rings. The summed E-state index contributed by atoms with van der Waals surface area (Å²) in [5, 5.41) is 12.4. The van der Waals surface area contributed by atoms with Gasteiger partial charge in [0.05, 0.1) is 27.5 Å². The zero-order valence-electron chi connectivity index (χ0n) is 44.1. The molecule has 0 unspecified atom stereocenters. The van der Waals surface area contributed by atoms with E-state index in [2.05, 4.69) is 300 Å². The minimum absolute atomic E-state index is 0.528. The van der Waals surface area contributed by atoms with E-state index in [1.807, 2.05) is 0 Å². The second kappa shape index (κ2) is 16.7. The maximum Gasteiger partial charge on any atom is 0.0725 e. The summed E-state index contributed by atoms with van der Waals surface area (Å²) >= 11 is 0. The number of benzene rings is 14. The third-order valence-corrected chi connectivity index (χ3v) is 18.3. The van der Waals surface area contributed by atoms with Crippen molar-refractivity contribution in [1.82, 2.24) is 9.13 Å². The van der Waals surface area contributed by atoms with Gasteiger partial charge in [-0.15, -0.1) is 0 Å². The first kappa shape index (κ1) is 44.4. The van der Waals surface area contributed by atoms with Gasteiger partial charge in [-0.2, -0.15) is 0 Å². The van der Waals surface area contributed by atoms with Gasteiger partial charge in [-0.1, -0.05) is 237 Å². The van der Waals surface area contributed by atoms with Crippen LogP contribution < -0.4 is 0 Å². The highest BCUT2D eigenvalue weighted by atomic mass is 15.0. The summed E-state index contributed by atoms with van der Waals surface area (Å²) in [5.74, 6) is 0. The summed E-state index contributed by atoms with van der Waals surface area (Å²) in [6.07, 6.45) is 0. The Morgan fingerprint density at radius 2 is 0.605 bits per heavy atom. The maximum absolute atomic E-state index is 2.54. The van der Waals surface area contributed by atoms with Crippen LogP contribution in [0.3, 0.4) is 0 Å². The molecule has 2 aliphatic carbocycles. The van der Waals surface area contributed by atoms with Crippen LogP contribution in [0.2, 0.25) is 0 Å². The molecule has 0 aliphatic heterocycles. The monoisotopic (exact) mass is 1020 g/mol. The molecule has 81 heavy (non-hydrogen) atoms. The lowest BCUT2D eigenvalue weighted by Crippen LogP contribution is -2.25. The summed E-state index contributed by atoms with van der Waals surface area (Å²) < 4.78 is 4.88. The molecular formula is C79H48N2. The van der Waals surface area contributed by atoms with E-state index in [0.717, 1.165) is 11.4 Å². The molecule has 0 N–H and O–H groups in total. The zero-order valence-corrected chi connectivity index (χ0v) is 44.1. The van der Waals surface area contributed by atoms with Gasteiger partial charge in [0.25, 0.3) is 0 Å². The number of hydrogen-bond acceptors (Lipinski definition) is 0. The van der Waals surface area contributed by atoms with Crippen molar-refractivity contribution in [2.24, 2.45) is 0 Å². The van der Waals surface area contributed by atoms with Crippen LogP contribution in [-0.4, -0.2) is 9.13 Å². The molecule has 16 aromatic rings. The number of nitrogens with zero attached hydrogens (tertiary/aromatic N) is 2. The smallest absolute Gasteiger partial charge is 0.0725 e. The number of rotatable bonds is 5. The quantitative estimate of drug-likeness (QED) is 0.152. The summed E-state index contributed by atoms with van der Waals surface area (Å²) in [4.78, 5) is 0. The minimum atomic E-state index is -0.528. The van der Waals surface area contributed by atoms with Crippen LogP contribution in [0.15, 0.2) is 291 Å². The highest BCUT2D eigenvalue weighted by Crippen LogP contribution is 2.65. The summed E-state index contributed by atoms with van der Waals surface area (Å²) in [6.45, 7) is 0. The van der Waals surface area contributed by atoms with Crippen LogP contribution in [0.5, 0.6) is 0 Å². The average Bonchev–Trinajstić information content (AvgIpc) is 3.59. The molecule has 0 saturated carbocycles. The van der Waals surface area contributed by atoms with Gasteiger partial charge < -0.3 is 9.13 Å². The van der Waals surface area contributed by atoms with Crippen LogP contribution in [0, 0.1) is 0 Å². The highest BCUT2D eigenvalue weighted by molar-refractivity contribution is 6.26. The topological polar surface area (TPSA) is 9.86 Å². The second-order valence-corrected chi connectivity index (χ2v) is 22.1. The summed E-state index contributed by atoms with van der Waals surface area (Å²) in [5.41, 5.74) is 24.5. The predicted octanol–water partition coefficient (Wildman–Crippen LogP) is 20.7. The molecule has 0 atom stereocenters. The van der Waals surface area contributed by atoms with Crippen LogP contribution >= 0.6 is 0 Å². The fourth-order valence-electron chi connectivity index (χ4n) is 15.3. The molecule has 2 aliphatic rings. The molecule has 0 bridgehead atoms. The molecule has 2 heterocycles. The average molecular weight is 1030 g/mol. The number of aromatic nitrogens is 2. The first-order chi connectivity index (χ1) is 40.3. The molecule has 1 spiro atoms. The Labute approximate surface area is 468 Å². The van der Waals surface area contributed by atoms with Crippen LogP contribution in [-0.2, 0) is 5.41 Å². The van der Waals surface area contributed by atoms with Crippen molar-refractivity contribution in [2.75, 3.05) is 0 Å².